The van der Waals surface area contributed by atoms with Gasteiger partial charge in [0.05, 0.1) is 5.69 Å². The fourth-order valence-electron chi connectivity index (χ4n) is 3.12. The first-order valence-electron chi connectivity index (χ1n) is 9.86. The highest BCUT2D eigenvalue weighted by Crippen LogP contribution is 2.47. The Balaban J connectivity index is 3.09. The van der Waals surface area contributed by atoms with Gasteiger partial charge < -0.3 is 4.90 Å². The van der Waals surface area contributed by atoms with Crippen LogP contribution in [-0.2, 0) is 5.92 Å². The van der Waals surface area contributed by atoms with Gasteiger partial charge in [-0.05, 0) is 12.8 Å². The van der Waals surface area contributed by atoms with E-state index >= 15 is 0 Å². The first-order chi connectivity index (χ1) is 13.5. The number of hydrogen-bond donors (Lipinski definition) is 0. The third-order valence-electron chi connectivity index (χ3n) is 4.67. The van der Waals surface area contributed by atoms with Crippen LogP contribution in [0.5, 0.6) is 0 Å². The van der Waals surface area contributed by atoms with Crippen LogP contribution < -0.4 is 4.90 Å². The van der Waals surface area contributed by atoms with E-state index in [0.29, 0.717) is 18.9 Å². The predicted molar refractivity (Wildman–Crippen MR) is 96.8 cm³/mol. The lowest BCUT2D eigenvalue weighted by atomic mass is 10.0. The maximum absolute atomic E-state index is 14.6. The number of unbranched alkanes of at least 4 members (excludes halogenated alkanes) is 6. The van der Waals surface area contributed by atoms with Crippen molar-refractivity contribution in [3.63, 3.8) is 0 Å². The minimum atomic E-state index is -6.26. The molecule has 168 valence electrons. The number of rotatable bonds is 12. The quantitative estimate of drug-likeness (QED) is 0.185. The van der Waals surface area contributed by atoms with Crippen molar-refractivity contribution in [2.24, 2.45) is 0 Å². The van der Waals surface area contributed by atoms with Crippen LogP contribution in [0.3, 0.4) is 0 Å². The van der Waals surface area contributed by atoms with Crippen molar-refractivity contribution in [2.75, 3.05) is 18.0 Å². The first-order valence-corrected chi connectivity index (χ1v) is 9.86. The number of benzene rings is 1. The third kappa shape index (κ3) is 6.47. The van der Waals surface area contributed by atoms with E-state index in [1.807, 2.05) is 0 Å². The van der Waals surface area contributed by atoms with Gasteiger partial charge in [-0.25, -0.2) is 13.2 Å². The van der Waals surface area contributed by atoms with Crippen LogP contribution in [0.1, 0.15) is 70.8 Å². The van der Waals surface area contributed by atoms with Gasteiger partial charge in [-0.3, -0.25) is 0 Å². The molecule has 1 aromatic carbocycles. The van der Waals surface area contributed by atoms with Crippen molar-refractivity contribution < 1.29 is 35.1 Å². The van der Waals surface area contributed by atoms with E-state index in [0.717, 1.165) is 38.5 Å². The zero-order valence-corrected chi connectivity index (χ0v) is 16.6. The van der Waals surface area contributed by atoms with Gasteiger partial charge in [-0.2, -0.15) is 22.0 Å². The Kier molecular flexibility index (Phi) is 9.68. The molecule has 0 bridgehead atoms. The summed E-state index contributed by atoms with van der Waals surface area (Å²) in [4.78, 5) is 1.19. The highest BCUT2D eigenvalue weighted by molar-refractivity contribution is 5.52. The molecule has 0 N–H and O–H groups in total. The van der Waals surface area contributed by atoms with Gasteiger partial charge in [0, 0.05) is 19.2 Å². The van der Waals surface area contributed by atoms with E-state index in [1.54, 1.807) is 6.92 Å². The SMILES string of the molecule is CCCCCCCCCN(CCC)c1cc(F)c(F)c(C(F)(F)C(F)(F)F)c1F. The molecule has 29 heavy (non-hydrogen) atoms. The molecule has 0 atom stereocenters. The summed E-state index contributed by atoms with van der Waals surface area (Å²) in [5.74, 6) is -12.4. The van der Waals surface area contributed by atoms with Crippen LogP contribution in [0.2, 0.25) is 0 Å². The van der Waals surface area contributed by atoms with Crippen molar-refractivity contribution >= 4 is 5.69 Å². The van der Waals surface area contributed by atoms with E-state index in [4.69, 9.17) is 0 Å². The summed E-state index contributed by atoms with van der Waals surface area (Å²) in [7, 11) is 0. The number of hydrogen-bond acceptors (Lipinski definition) is 1. The Hall–Kier alpha value is -1.54. The van der Waals surface area contributed by atoms with Crippen LogP contribution in [-0.4, -0.2) is 19.3 Å². The zero-order valence-electron chi connectivity index (χ0n) is 16.6. The normalized spacial score (nSPS) is 12.5. The molecule has 0 unspecified atom stereocenters. The van der Waals surface area contributed by atoms with Gasteiger partial charge in [-0.15, -0.1) is 0 Å². The molecule has 0 aliphatic carbocycles. The lowest BCUT2D eigenvalue weighted by Gasteiger charge is -2.28. The first kappa shape index (κ1) is 25.5. The second-order valence-corrected chi connectivity index (χ2v) is 7.06. The largest absolute Gasteiger partial charge is 0.458 e. The van der Waals surface area contributed by atoms with Crippen molar-refractivity contribution in [2.45, 2.75) is 77.3 Å². The lowest BCUT2D eigenvalue weighted by molar-refractivity contribution is -0.291. The average molecular weight is 433 g/mol. The molecule has 1 nitrogen and oxygen atoms in total. The zero-order chi connectivity index (χ0) is 22.2. The second kappa shape index (κ2) is 11.0. The van der Waals surface area contributed by atoms with Crippen LogP contribution in [0.15, 0.2) is 6.07 Å². The molecule has 1 aromatic rings. The molecule has 0 aliphatic heterocycles. The van der Waals surface area contributed by atoms with E-state index in [9.17, 15) is 35.1 Å². The maximum atomic E-state index is 14.6. The summed E-state index contributed by atoms with van der Waals surface area (Å²) in [5.41, 5.74) is -3.38. The molecule has 0 fully saturated rings. The number of nitrogens with zero attached hydrogens (tertiary/aromatic N) is 1. The van der Waals surface area contributed by atoms with Crippen molar-refractivity contribution in [1.29, 1.82) is 0 Å². The minimum absolute atomic E-state index is 0.106. The fraction of sp³-hybridized carbons (Fsp3) is 0.700. The average Bonchev–Trinajstić information content (AvgIpc) is 2.62. The monoisotopic (exact) mass is 433 g/mol. The van der Waals surface area contributed by atoms with E-state index in [-0.39, 0.29) is 13.1 Å². The highest BCUT2D eigenvalue weighted by Gasteiger charge is 2.62. The molecule has 0 radical (unpaired) electrons. The lowest BCUT2D eigenvalue weighted by Crippen LogP contribution is -2.37. The summed E-state index contributed by atoms with van der Waals surface area (Å²) < 4.78 is 107. The van der Waals surface area contributed by atoms with E-state index in [2.05, 4.69) is 6.92 Å². The molecule has 9 heteroatoms. The maximum Gasteiger partial charge on any atom is 0.458 e. The number of alkyl halides is 5. The molecule has 0 amide bonds. The Morgan fingerprint density at radius 2 is 1.28 bits per heavy atom. The summed E-state index contributed by atoms with van der Waals surface area (Å²) >= 11 is 0. The molecular weight excluding hydrogens is 406 g/mol. The molecule has 1 rings (SSSR count). The van der Waals surface area contributed by atoms with Gasteiger partial charge in [0.15, 0.2) is 17.5 Å². The number of anilines is 1. The van der Waals surface area contributed by atoms with Crippen LogP contribution >= 0.6 is 0 Å². The van der Waals surface area contributed by atoms with Crippen molar-refractivity contribution in [3.05, 3.63) is 29.1 Å². The molecular formula is C20H27F8N. The summed E-state index contributed by atoms with van der Waals surface area (Å²) in [5, 5.41) is 0. The molecule has 0 aromatic heterocycles. The summed E-state index contributed by atoms with van der Waals surface area (Å²) in [6.07, 6.45) is 0.608. The summed E-state index contributed by atoms with van der Waals surface area (Å²) in [6, 6.07) is 0.345. The van der Waals surface area contributed by atoms with Crippen LogP contribution in [0.25, 0.3) is 0 Å². The molecule has 0 heterocycles. The van der Waals surface area contributed by atoms with Gasteiger partial charge in [0.1, 0.15) is 5.56 Å². The molecule has 0 aliphatic rings. The fourth-order valence-corrected chi connectivity index (χ4v) is 3.12. The van der Waals surface area contributed by atoms with Crippen LogP contribution in [0.4, 0.5) is 40.8 Å². The Morgan fingerprint density at radius 3 is 1.79 bits per heavy atom. The smallest absolute Gasteiger partial charge is 0.369 e. The van der Waals surface area contributed by atoms with E-state index < -0.39 is 40.8 Å². The summed E-state index contributed by atoms with van der Waals surface area (Å²) in [6.45, 7) is 4.02. The third-order valence-corrected chi connectivity index (χ3v) is 4.67. The standard InChI is InChI=1S/C20H27F8N/c1-3-5-6-7-8-9-10-12-29(11-4-2)15-13-14(21)17(22)16(18(15)23)19(24,25)20(26,27)28/h13H,3-12H2,1-2H3. The second-order valence-electron chi connectivity index (χ2n) is 7.06. The van der Waals surface area contributed by atoms with E-state index in [1.165, 1.54) is 4.90 Å². The molecule has 0 spiro atoms. The molecule has 0 saturated carbocycles. The highest BCUT2D eigenvalue weighted by atomic mass is 19.4. The minimum Gasteiger partial charge on any atom is -0.369 e. The molecule has 0 saturated heterocycles. The van der Waals surface area contributed by atoms with Gasteiger partial charge in [0.25, 0.3) is 0 Å². The van der Waals surface area contributed by atoms with Crippen molar-refractivity contribution in [1.82, 2.24) is 0 Å². The van der Waals surface area contributed by atoms with Gasteiger partial charge in [0.2, 0.25) is 0 Å². The Labute approximate surface area is 166 Å². The Bertz CT molecular complexity index is 642. The predicted octanol–water partition coefficient (Wildman–Crippen LogP) is 7.73. The number of halogens is 8. The van der Waals surface area contributed by atoms with Gasteiger partial charge >= 0.3 is 12.1 Å². The van der Waals surface area contributed by atoms with Gasteiger partial charge in [-0.1, -0.05) is 52.4 Å². The van der Waals surface area contributed by atoms with Crippen LogP contribution in [0, 0.1) is 17.5 Å². The topological polar surface area (TPSA) is 3.24 Å². The Morgan fingerprint density at radius 1 is 0.724 bits per heavy atom. The van der Waals surface area contributed by atoms with Crippen molar-refractivity contribution in [3.8, 4) is 0 Å².